The maximum atomic E-state index is 9.14. The lowest BCUT2D eigenvalue weighted by Gasteiger charge is -2.29. The summed E-state index contributed by atoms with van der Waals surface area (Å²) in [6.45, 7) is 1.76. The highest BCUT2D eigenvalue weighted by atomic mass is 127. The highest BCUT2D eigenvalue weighted by Crippen LogP contribution is 2.12. The average Bonchev–Trinajstić information content (AvgIpc) is 1.80. The Morgan fingerprint density at radius 3 is 2.78 bits per heavy atom. The summed E-state index contributed by atoms with van der Waals surface area (Å²) in [7, 11) is 0. The largest absolute Gasteiger partial charge is 0.391 e. The second-order valence-electron chi connectivity index (χ2n) is 2.39. The van der Waals surface area contributed by atoms with Crippen LogP contribution in [0.1, 0.15) is 6.42 Å². The lowest BCUT2D eigenvalue weighted by molar-refractivity contribution is 0.0991. The van der Waals surface area contributed by atoms with Crippen LogP contribution in [0.3, 0.4) is 0 Å². The van der Waals surface area contributed by atoms with Gasteiger partial charge in [-0.15, -0.1) is 0 Å². The molecule has 1 heterocycles. The molecule has 0 aromatic heterocycles. The molecule has 0 saturated carbocycles. The molecule has 0 unspecified atom stereocenters. The molecule has 3 nitrogen and oxygen atoms in total. The van der Waals surface area contributed by atoms with Crippen molar-refractivity contribution in [2.45, 2.75) is 18.6 Å². The molecular formula is C5H11IN2O. The predicted molar refractivity (Wildman–Crippen MR) is 44.2 cm³/mol. The van der Waals surface area contributed by atoms with Crippen LogP contribution in [0.4, 0.5) is 0 Å². The first-order chi connectivity index (χ1) is 4.20. The van der Waals surface area contributed by atoms with Gasteiger partial charge in [0.15, 0.2) is 0 Å². The van der Waals surface area contributed by atoms with Crippen molar-refractivity contribution in [3.05, 3.63) is 0 Å². The monoisotopic (exact) mass is 242 g/mol. The van der Waals surface area contributed by atoms with Crippen LogP contribution in [0.5, 0.6) is 0 Å². The third-order valence-corrected chi connectivity index (χ3v) is 2.45. The van der Waals surface area contributed by atoms with Crippen molar-refractivity contribution in [2.75, 3.05) is 13.1 Å². The van der Waals surface area contributed by atoms with Crippen molar-refractivity contribution in [3.63, 3.8) is 0 Å². The van der Waals surface area contributed by atoms with Gasteiger partial charge in [0.2, 0.25) is 0 Å². The van der Waals surface area contributed by atoms with E-state index < -0.39 is 0 Å². The number of nitrogens with two attached hydrogens (primary N) is 1. The summed E-state index contributed by atoms with van der Waals surface area (Å²) in [4.78, 5) is 0. The van der Waals surface area contributed by atoms with Gasteiger partial charge in [-0.3, -0.25) is 0 Å². The minimum atomic E-state index is -0.281. The van der Waals surface area contributed by atoms with E-state index in [1.54, 1.807) is 0 Å². The van der Waals surface area contributed by atoms with E-state index in [2.05, 4.69) is 26.0 Å². The summed E-state index contributed by atoms with van der Waals surface area (Å²) in [5, 5.41) is 9.14. The van der Waals surface area contributed by atoms with Gasteiger partial charge >= 0.3 is 0 Å². The summed E-state index contributed by atoms with van der Waals surface area (Å²) in [5.41, 5.74) is 5.57. The highest BCUT2D eigenvalue weighted by molar-refractivity contribution is 14.1. The van der Waals surface area contributed by atoms with Crippen LogP contribution in [-0.2, 0) is 0 Å². The Morgan fingerprint density at radius 1 is 1.67 bits per heavy atom. The second-order valence-corrected chi connectivity index (χ2v) is 3.75. The van der Waals surface area contributed by atoms with Gasteiger partial charge in [0.25, 0.3) is 0 Å². The van der Waals surface area contributed by atoms with Crippen LogP contribution in [0, 0.1) is 0 Å². The summed E-state index contributed by atoms with van der Waals surface area (Å²) >= 11 is 2.22. The first-order valence-corrected chi connectivity index (χ1v) is 4.01. The van der Waals surface area contributed by atoms with Crippen molar-refractivity contribution < 1.29 is 5.11 Å². The Hall–Kier alpha value is 0.610. The minimum Gasteiger partial charge on any atom is -0.391 e. The molecule has 0 spiro atoms. The number of hydrogen-bond donors (Lipinski definition) is 2. The molecule has 1 fully saturated rings. The van der Waals surface area contributed by atoms with Gasteiger partial charge in [0.05, 0.1) is 6.10 Å². The Bertz CT molecular complexity index is 101. The van der Waals surface area contributed by atoms with Gasteiger partial charge in [0.1, 0.15) is 0 Å². The van der Waals surface area contributed by atoms with Crippen LogP contribution in [0.25, 0.3) is 0 Å². The number of rotatable bonds is 0. The molecule has 4 heteroatoms. The van der Waals surface area contributed by atoms with Crippen LogP contribution < -0.4 is 5.73 Å². The molecule has 0 aliphatic carbocycles. The maximum Gasteiger partial charge on any atom is 0.0716 e. The van der Waals surface area contributed by atoms with Crippen LogP contribution in [0.15, 0.2) is 0 Å². The molecule has 0 amide bonds. The number of nitrogens with zero attached hydrogens (tertiary/aromatic N) is 1. The van der Waals surface area contributed by atoms with E-state index in [4.69, 9.17) is 10.8 Å². The summed E-state index contributed by atoms with van der Waals surface area (Å²) in [6, 6.07) is -0.0457. The molecule has 1 saturated heterocycles. The third kappa shape index (κ3) is 2.03. The molecule has 1 aliphatic rings. The highest BCUT2D eigenvalue weighted by Gasteiger charge is 2.22. The Labute approximate surface area is 68.7 Å². The zero-order valence-corrected chi connectivity index (χ0v) is 7.28. The molecule has 0 aromatic carbocycles. The van der Waals surface area contributed by atoms with Crippen molar-refractivity contribution in [1.82, 2.24) is 3.11 Å². The standard InChI is InChI=1S/C5H11IN2O/c6-8-2-1-5(9)4(7)3-8/h4-5,9H,1-3,7H2/t4-,5+/m1/s1. The predicted octanol–water partition coefficient (Wildman–Crippen LogP) is -0.270. The van der Waals surface area contributed by atoms with E-state index >= 15 is 0 Å². The molecule has 1 rings (SSSR count). The van der Waals surface area contributed by atoms with Crippen molar-refractivity contribution in [3.8, 4) is 0 Å². The van der Waals surface area contributed by atoms with Gasteiger partial charge in [-0.05, 0) is 6.42 Å². The van der Waals surface area contributed by atoms with E-state index in [0.717, 1.165) is 19.5 Å². The average molecular weight is 242 g/mol. The quantitative estimate of drug-likeness (QED) is 0.454. The van der Waals surface area contributed by atoms with Crippen LogP contribution in [0.2, 0.25) is 0 Å². The molecule has 54 valence electrons. The number of piperidine rings is 1. The zero-order valence-electron chi connectivity index (χ0n) is 5.13. The molecule has 9 heavy (non-hydrogen) atoms. The van der Waals surface area contributed by atoms with E-state index in [9.17, 15) is 0 Å². The van der Waals surface area contributed by atoms with E-state index in [1.807, 2.05) is 0 Å². The fraction of sp³-hybridized carbons (Fsp3) is 1.00. The molecule has 0 radical (unpaired) electrons. The van der Waals surface area contributed by atoms with E-state index in [-0.39, 0.29) is 12.1 Å². The third-order valence-electron chi connectivity index (χ3n) is 1.57. The Kier molecular flexibility index (Phi) is 2.69. The van der Waals surface area contributed by atoms with E-state index in [1.165, 1.54) is 0 Å². The van der Waals surface area contributed by atoms with Crippen molar-refractivity contribution in [1.29, 1.82) is 0 Å². The van der Waals surface area contributed by atoms with Gasteiger partial charge in [-0.25, -0.2) is 3.11 Å². The first-order valence-electron chi connectivity index (χ1n) is 3.04. The minimum absolute atomic E-state index is 0.0457. The zero-order chi connectivity index (χ0) is 6.85. The Morgan fingerprint density at radius 2 is 2.33 bits per heavy atom. The topological polar surface area (TPSA) is 49.5 Å². The molecule has 0 aromatic rings. The Balaban J connectivity index is 2.35. The van der Waals surface area contributed by atoms with Crippen molar-refractivity contribution in [2.24, 2.45) is 5.73 Å². The first kappa shape index (κ1) is 7.71. The van der Waals surface area contributed by atoms with Gasteiger partial charge in [0, 0.05) is 42.0 Å². The SMILES string of the molecule is N[C@@H]1CN(I)CC[C@@H]1O. The van der Waals surface area contributed by atoms with Gasteiger partial charge in [-0.1, -0.05) is 0 Å². The second kappa shape index (κ2) is 3.14. The summed E-state index contributed by atoms with van der Waals surface area (Å²) in [5.74, 6) is 0. The van der Waals surface area contributed by atoms with Crippen LogP contribution in [-0.4, -0.2) is 33.5 Å². The van der Waals surface area contributed by atoms with Crippen molar-refractivity contribution >= 4 is 22.9 Å². The number of aliphatic hydroxyl groups excluding tert-OH is 1. The molecule has 3 N–H and O–H groups in total. The lowest BCUT2D eigenvalue weighted by atomic mass is 10.1. The van der Waals surface area contributed by atoms with E-state index in [0.29, 0.717) is 0 Å². The van der Waals surface area contributed by atoms with Gasteiger partial charge < -0.3 is 10.8 Å². The maximum absolute atomic E-state index is 9.14. The molecular weight excluding hydrogens is 231 g/mol. The number of hydrogen-bond acceptors (Lipinski definition) is 3. The summed E-state index contributed by atoms with van der Waals surface area (Å²) in [6.07, 6.45) is 0.528. The number of halogens is 1. The lowest BCUT2D eigenvalue weighted by Crippen LogP contribution is -2.47. The number of aliphatic hydroxyl groups is 1. The fourth-order valence-electron chi connectivity index (χ4n) is 0.928. The smallest absolute Gasteiger partial charge is 0.0716 e. The molecule has 2 atom stereocenters. The fourth-order valence-corrected chi connectivity index (χ4v) is 1.66. The summed E-state index contributed by atoms with van der Waals surface area (Å²) < 4.78 is 2.11. The van der Waals surface area contributed by atoms with Crippen LogP contribution >= 0.6 is 22.9 Å². The normalized spacial score (nSPS) is 39.0. The van der Waals surface area contributed by atoms with Gasteiger partial charge in [-0.2, -0.15) is 0 Å². The molecule has 1 aliphatic heterocycles. The molecule has 0 bridgehead atoms.